The molecule has 0 radical (unpaired) electrons. The first-order valence-electron chi connectivity index (χ1n) is 9.36. The number of rotatable bonds is 5. The molecule has 0 bridgehead atoms. The van der Waals surface area contributed by atoms with Crippen LogP contribution >= 0.6 is 11.8 Å². The largest absolute Gasteiger partial charge is 0.324 e. The molecule has 1 fully saturated rings. The summed E-state index contributed by atoms with van der Waals surface area (Å²) in [4.78, 5) is 38.6. The van der Waals surface area contributed by atoms with Gasteiger partial charge in [-0.15, -0.1) is 0 Å². The molecular weight excluding hydrogens is 396 g/mol. The normalized spacial score (nSPS) is 15.5. The van der Waals surface area contributed by atoms with Crippen LogP contribution in [0.15, 0.2) is 89.9 Å². The summed E-state index contributed by atoms with van der Waals surface area (Å²) in [6.45, 7) is -0.326. The molecule has 1 heterocycles. The highest BCUT2D eigenvalue weighted by molar-refractivity contribution is 8.18. The van der Waals surface area contributed by atoms with E-state index in [-0.39, 0.29) is 6.54 Å². The van der Waals surface area contributed by atoms with Crippen molar-refractivity contribution in [3.63, 3.8) is 0 Å². The van der Waals surface area contributed by atoms with Gasteiger partial charge in [-0.25, -0.2) is 0 Å². The molecule has 1 aliphatic heterocycles. The van der Waals surface area contributed by atoms with E-state index in [4.69, 9.17) is 0 Å². The van der Waals surface area contributed by atoms with Gasteiger partial charge < -0.3 is 5.32 Å². The Kier molecular flexibility index (Phi) is 5.77. The Hall–Kier alpha value is -3.64. The van der Waals surface area contributed by atoms with E-state index in [1.54, 1.807) is 18.2 Å². The number of hydrogen-bond acceptors (Lipinski definition) is 4. The van der Waals surface area contributed by atoms with Crippen LogP contribution in [0.1, 0.15) is 5.56 Å². The lowest BCUT2D eigenvalue weighted by Gasteiger charge is -2.13. The standard InChI is InChI=1S/C24H18N2O3S/c27-22(25-20-14-7-12-18-11-4-5-13-19(18)20)16-26-23(28)21(30-24(26)29)15-6-10-17-8-2-1-3-9-17/h1-15H,16H2,(H,25,27)/b10-6-,21-15+. The Labute approximate surface area is 178 Å². The second-order valence-electron chi connectivity index (χ2n) is 6.63. The minimum absolute atomic E-state index is 0.296. The Morgan fingerprint density at radius 1 is 0.933 bits per heavy atom. The average Bonchev–Trinajstić information content (AvgIpc) is 3.02. The van der Waals surface area contributed by atoms with Gasteiger partial charge in [0, 0.05) is 11.1 Å². The zero-order valence-electron chi connectivity index (χ0n) is 15.9. The van der Waals surface area contributed by atoms with Crippen LogP contribution in [0.25, 0.3) is 16.8 Å². The number of fused-ring (bicyclic) bond motifs is 1. The van der Waals surface area contributed by atoms with E-state index in [1.807, 2.05) is 72.8 Å². The van der Waals surface area contributed by atoms with Gasteiger partial charge in [-0.2, -0.15) is 0 Å². The van der Waals surface area contributed by atoms with Crippen LogP contribution in [0, 0.1) is 0 Å². The highest BCUT2D eigenvalue weighted by Gasteiger charge is 2.36. The molecule has 148 valence electrons. The molecule has 0 spiro atoms. The van der Waals surface area contributed by atoms with Crippen LogP contribution in [-0.2, 0) is 9.59 Å². The van der Waals surface area contributed by atoms with E-state index < -0.39 is 17.1 Å². The summed E-state index contributed by atoms with van der Waals surface area (Å²) < 4.78 is 0. The highest BCUT2D eigenvalue weighted by Crippen LogP contribution is 2.30. The number of carbonyl (C=O) groups excluding carboxylic acids is 3. The number of allylic oxidation sites excluding steroid dienone is 2. The number of hydrogen-bond donors (Lipinski definition) is 1. The Morgan fingerprint density at radius 3 is 2.50 bits per heavy atom. The minimum Gasteiger partial charge on any atom is -0.324 e. The van der Waals surface area contributed by atoms with Crippen molar-refractivity contribution in [3.05, 3.63) is 95.4 Å². The number of nitrogens with zero attached hydrogens (tertiary/aromatic N) is 1. The van der Waals surface area contributed by atoms with Crippen molar-refractivity contribution < 1.29 is 14.4 Å². The quantitative estimate of drug-likeness (QED) is 0.592. The summed E-state index contributed by atoms with van der Waals surface area (Å²) in [6.07, 6.45) is 5.17. The second kappa shape index (κ2) is 8.80. The molecule has 1 N–H and O–H groups in total. The van der Waals surface area contributed by atoms with E-state index in [0.717, 1.165) is 33.0 Å². The summed E-state index contributed by atoms with van der Waals surface area (Å²) in [5.41, 5.74) is 1.63. The molecule has 0 unspecified atom stereocenters. The van der Waals surface area contributed by atoms with Crippen LogP contribution in [-0.4, -0.2) is 28.5 Å². The smallest absolute Gasteiger partial charge is 0.294 e. The van der Waals surface area contributed by atoms with Gasteiger partial charge in [-0.05, 0) is 34.9 Å². The van der Waals surface area contributed by atoms with E-state index in [2.05, 4.69) is 5.32 Å². The van der Waals surface area contributed by atoms with E-state index in [9.17, 15) is 14.4 Å². The molecule has 1 aliphatic rings. The summed E-state index contributed by atoms with van der Waals surface area (Å²) in [7, 11) is 0. The lowest BCUT2D eigenvalue weighted by atomic mass is 10.1. The van der Waals surface area contributed by atoms with Crippen molar-refractivity contribution in [1.82, 2.24) is 4.90 Å². The van der Waals surface area contributed by atoms with Gasteiger partial charge in [0.1, 0.15) is 6.54 Å². The Balaban J connectivity index is 1.43. The SMILES string of the molecule is O=C(CN1C(=O)S/C(=C/C=C\c2ccccc2)C1=O)Nc1cccc2ccccc12. The maximum atomic E-state index is 12.6. The topological polar surface area (TPSA) is 66.5 Å². The van der Waals surface area contributed by atoms with E-state index in [0.29, 0.717) is 10.6 Å². The van der Waals surface area contributed by atoms with E-state index in [1.165, 1.54) is 0 Å². The van der Waals surface area contributed by atoms with Crippen molar-refractivity contribution in [1.29, 1.82) is 0 Å². The summed E-state index contributed by atoms with van der Waals surface area (Å²) in [5, 5.41) is 4.24. The number of anilines is 1. The van der Waals surface area contributed by atoms with Gasteiger partial charge in [-0.1, -0.05) is 78.9 Å². The maximum Gasteiger partial charge on any atom is 0.294 e. The number of benzene rings is 3. The first-order valence-corrected chi connectivity index (χ1v) is 10.2. The Morgan fingerprint density at radius 2 is 1.67 bits per heavy atom. The first-order chi connectivity index (χ1) is 14.6. The van der Waals surface area contributed by atoms with Gasteiger partial charge >= 0.3 is 0 Å². The molecule has 3 amide bonds. The lowest BCUT2D eigenvalue weighted by molar-refractivity contribution is -0.127. The fraction of sp³-hybridized carbons (Fsp3) is 0.0417. The summed E-state index contributed by atoms with van der Waals surface area (Å²) >= 11 is 0.835. The molecule has 0 aliphatic carbocycles. The Bertz CT molecular complexity index is 1180. The molecule has 4 rings (SSSR count). The van der Waals surface area contributed by atoms with Crippen molar-refractivity contribution in [2.45, 2.75) is 0 Å². The third kappa shape index (κ3) is 4.34. The molecule has 3 aromatic carbocycles. The van der Waals surface area contributed by atoms with Crippen LogP contribution in [0.5, 0.6) is 0 Å². The molecule has 30 heavy (non-hydrogen) atoms. The maximum absolute atomic E-state index is 12.6. The molecule has 6 heteroatoms. The van der Waals surface area contributed by atoms with E-state index >= 15 is 0 Å². The summed E-state index contributed by atoms with van der Waals surface area (Å²) in [6, 6.07) is 22.9. The molecule has 0 atom stereocenters. The molecule has 0 saturated carbocycles. The lowest BCUT2D eigenvalue weighted by Crippen LogP contribution is -2.36. The predicted molar refractivity (Wildman–Crippen MR) is 121 cm³/mol. The number of amides is 3. The van der Waals surface area contributed by atoms with Crippen LogP contribution in [0.4, 0.5) is 10.5 Å². The predicted octanol–water partition coefficient (Wildman–Crippen LogP) is 5.07. The van der Waals surface area contributed by atoms with Crippen molar-refractivity contribution in [2.75, 3.05) is 11.9 Å². The highest BCUT2D eigenvalue weighted by atomic mass is 32.2. The third-order valence-corrected chi connectivity index (χ3v) is 5.50. The second-order valence-corrected chi connectivity index (χ2v) is 7.63. The van der Waals surface area contributed by atoms with Crippen molar-refractivity contribution in [2.24, 2.45) is 0 Å². The van der Waals surface area contributed by atoms with Gasteiger partial charge in [0.15, 0.2) is 0 Å². The number of carbonyl (C=O) groups is 3. The third-order valence-electron chi connectivity index (χ3n) is 4.57. The van der Waals surface area contributed by atoms with Gasteiger partial charge in [-0.3, -0.25) is 19.3 Å². The minimum atomic E-state index is -0.462. The van der Waals surface area contributed by atoms with Crippen LogP contribution in [0.3, 0.4) is 0 Å². The van der Waals surface area contributed by atoms with Gasteiger partial charge in [0.2, 0.25) is 5.91 Å². The molecule has 1 saturated heterocycles. The van der Waals surface area contributed by atoms with Gasteiger partial charge in [0.05, 0.1) is 4.91 Å². The van der Waals surface area contributed by atoms with Crippen LogP contribution in [0.2, 0.25) is 0 Å². The number of thioether (sulfide) groups is 1. The summed E-state index contributed by atoms with van der Waals surface area (Å²) in [5.74, 6) is -0.884. The first kappa shape index (κ1) is 19.7. The van der Waals surface area contributed by atoms with Crippen LogP contribution < -0.4 is 5.32 Å². The zero-order valence-corrected chi connectivity index (χ0v) is 16.8. The molecule has 0 aromatic heterocycles. The molecular formula is C24H18N2O3S. The fourth-order valence-corrected chi connectivity index (χ4v) is 3.92. The number of nitrogens with one attached hydrogen (secondary N) is 1. The molecule has 5 nitrogen and oxygen atoms in total. The number of imide groups is 1. The van der Waals surface area contributed by atoms with Crippen molar-refractivity contribution >= 4 is 51.4 Å². The zero-order chi connectivity index (χ0) is 20.9. The monoisotopic (exact) mass is 414 g/mol. The van der Waals surface area contributed by atoms with Gasteiger partial charge in [0.25, 0.3) is 11.1 Å². The fourth-order valence-electron chi connectivity index (χ4n) is 3.13. The average molecular weight is 414 g/mol. The van der Waals surface area contributed by atoms with Crippen molar-refractivity contribution in [3.8, 4) is 0 Å². The molecule has 3 aromatic rings.